The van der Waals surface area contributed by atoms with Crippen LogP contribution in [0.25, 0.3) is 10.9 Å². The van der Waals surface area contributed by atoms with Crippen molar-refractivity contribution >= 4 is 35.1 Å². The van der Waals surface area contributed by atoms with E-state index in [-0.39, 0.29) is 30.3 Å². The van der Waals surface area contributed by atoms with E-state index in [0.717, 1.165) is 43.3 Å². The number of aromatic nitrogens is 1. The summed E-state index contributed by atoms with van der Waals surface area (Å²) in [5, 5.41) is 7.63. The number of fused-ring (bicyclic) bond motifs is 5. The zero-order chi connectivity index (χ0) is 19.1. The van der Waals surface area contributed by atoms with E-state index in [1.54, 1.807) is 6.07 Å². The molecular weight excluding hydrogens is 388 g/mol. The number of benzene rings is 1. The molecule has 1 aromatic heterocycles. The standard InChI is InChI=1S/C22H26N4O2.ClH/c27-21-7-3-6-19-15-10-16(12-23-11-15)20(26(19)21)13-24-22(28)18-9-8-14-4-1-2-5-17(14)25-18;/h1-2,4-5,8-9,15-16,19-20,23H,3,6-7,10-13H2,(H,24,28);1H/t15-,16+,19+,20+;/m1./s1. The molecule has 2 aromatic rings. The fourth-order valence-electron chi connectivity index (χ4n) is 5.38. The third-order valence-electron chi connectivity index (χ3n) is 6.70. The van der Waals surface area contributed by atoms with Gasteiger partial charge in [0.2, 0.25) is 5.91 Å². The molecule has 154 valence electrons. The third-order valence-corrected chi connectivity index (χ3v) is 6.70. The van der Waals surface area contributed by atoms with Crippen LogP contribution in [-0.2, 0) is 4.79 Å². The Kier molecular flexibility index (Phi) is 5.74. The van der Waals surface area contributed by atoms with Gasteiger partial charge in [-0.25, -0.2) is 4.98 Å². The molecule has 29 heavy (non-hydrogen) atoms. The first-order chi connectivity index (χ1) is 13.7. The number of hydrogen-bond donors (Lipinski definition) is 2. The first-order valence-electron chi connectivity index (χ1n) is 10.4. The first kappa shape index (κ1) is 20.1. The molecule has 2 bridgehead atoms. The van der Waals surface area contributed by atoms with Gasteiger partial charge >= 0.3 is 0 Å². The fourth-order valence-corrected chi connectivity index (χ4v) is 5.38. The molecule has 0 aliphatic carbocycles. The zero-order valence-corrected chi connectivity index (χ0v) is 17.2. The lowest BCUT2D eigenvalue weighted by Gasteiger charge is -2.54. The van der Waals surface area contributed by atoms with E-state index < -0.39 is 0 Å². The Balaban J connectivity index is 0.00000205. The zero-order valence-electron chi connectivity index (χ0n) is 16.3. The molecule has 2 amide bonds. The van der Waals surface area contributed by atoms with Crippen molar-refractivity contribution in [2.75, 3.05) is 19.6 Å². The number of piperidine rings is 3. The number of carbonyl (C=O) groups is 2. The molecule has 1 aromatic carbocycles. The summed E-state index contributed by atoms with van der Waals surface area (Å²) in [6, 6.07) is 11.9. The molecule has 7 heteroatoms. The normalized spacial score (nSPS) is 28.4. The Morgan fingerprint density at radius 1 is 1.17 bits per heavy atom. The van der Waals surface area contributed by atoms with Crippen LogP contribution in [0.3, 0.4) is 0 Å². The molecule has 3 fully saturated rings. The van der Waals surface area contributed by atoms with Gasteiger partial charge < -0.3 is 15.5 Å². The predicted octanol–water partition coefficient (Wildman–Crippen LogP) is 2.38. The minimum Gasteiger partial charge on any atom is -0.349 e. The summed E-state index contributed by atoms with van der Waals surface area (Å²) in [5.41, 5.74) is 1.24. The van der Waals surface area contributed by atoms with Crippen LogP contribution in [0.15, 0.2) is 36.4 Å². The highest BCUT2D eigenvalue weighted by Crippen LogP contribution is 2.39. The summed E-state index contributed by atoms with van der Waals surface area (Å²) in [6.07, 6.45) is 3.86. The van der Waals surface area contributed by atoms with E-state index >= 15 is 0 Å². The molecule has 0 spiro atoms. The van der Waals surface area contributed by atoms with Gasteiger partial charge in [-0.2, -0.15) is 0 Å². The van der Waals surface area contributed by atoms with Crippen LogP contribution >= 0.6 is 12.4 Å². The maximum absolute atomic E-state index is 12.8. The summed E-state index contributed by atoms with van der Waals surface area (Å²) in [7, 11) is 0. The molecule has 3 saturated heterocycles. The molecule has 4 atom stereocenters. The minimum atomic E-state index is -0.169. The minimum absolute atomic E-state index is 0. The Bertz CT molecular complexity index is 921. The Labute approximate surface area is 176 Å². The summed E-state index contributed by atoms with van der Waals surface area (Å²) >= 11 is 0. The molecule has 2 N–H and O–H groups in total. The lowest BCUT2D eigenvalue weighted by Crippen LogP contribution is -2.66. The molecule has 4 heterocycles. The molecule has 3 aliphatic heterocycles. The van der Waals surface area contributed by atoms with Crippen molar-refractivity contribution in [3.63, 3.8) is 0 Å². The van der Waals surface area contributed by atoms with Crippen molar-refractivity contribution in [1.82, 2.24) is 20.5 Å². The van der Waals surface area contributed by atoms with Crippen molar-refractivity contribution < 1.29 is 9.59 Å². The molecule has 5 rings (SSSR count). The summed E-state index contributed by atoms with van der Waals surface area (Å²) in [4.78, 5) is 32.1. The number of halogens is 1. The van der Waals surface area contributed by atoms with Gasteiger partial charge in [0.15, 0.2) is 0 Å². The lowest BCUT2D eigenvalue weighted by atomic mass is 9.72. The van der Waals surface area contributed by atoms with E-state index in [1.165, 1.54) is 0 Å². The van der Waals surface area contributed by atoms with Gasteiger partial charge in [-0.1, -0.05) is 24.3 Å². The number of hydrogen-bond acceptors (Lipinski definition) is 4. The maximum atomic E-state index is 12.8. The number of carbonyl (C=O) groups excluding carboxylic acids is 2. The molecular formula is C22H27ClN4O2. The highest BCUT2D eigenvalue weighted by atomic mass is 35.5. The van der Waals surface area contributed by atoms with Crippen LogP contribution < -0.4 is 10.6 Å². The van der Waals surface area contributed by atoms with Crippen molar-refractivity contribution in [1.29, 1.82) is 0 Å². The second-order valence-electron chi connectivity index (χ2n) is 8.34. The van der Waals surface area contributed by atoms with Crippen LogP contribution in [0.1, 0.15) is 36.2 Å². The van der Waals surface area contributed by atoms with Gasteiger partial charge in [0.1, 0.15) is 5.69 Å². The van der Waals surface area contributed by atoms with E-state index in [1.807, 2.05) is 30.3 Å². The summed E-state index contributed by atoms with van der Waals surface area (Å²) in [5.74, 6) is 1.05. The monoisotopic (exact) mass is 414 g/mol. The smallest absolute Gasteiger partial charge is 0.269 e. The van der Waals surface area contributed by atoms with Crippen molar-refractivity contribution in [3.8, 4) is 0 Å². The van der Waals surface area contributed by atoms with Gasteiger partial charge in [-0.3, -0.25) is 9.59 Å². The van der Waals surface area contributed by atoms with Gasteiger partial charge in [0.05, 0.1) is 11.6 Å². The van der Waals surface area contributed by atoms with E-state index in [0.29, 0.717) is 36.5 Å². The fraction of sp³-hybridized carbons (Fsp3) is 0.500. The van der Waals surface area contributed by atoms with E-state index in [9.17, 15) is 9.59 Å². The quantitative estimate of drug-likeness (QED) is 0.808. The third kappa shape index (κ3) is 3.71. The van der Waals surface area contributed by atoms with Crippen LogP contribution in [-0.4, -0.2) is 53.4 Å². The van der Waals surface area contributed by atoms with Crippen molar-refractivity contribution in [3.05, 3.63) is 42.1 Å². The maximum Gasteiger partial charge on any atom is 0.269 e. The molecule has 3 aliphatic rings. The van der Waals surface area contributed by atoms with Crippen molar-refractivity contribution in [2.45, 2.75) is 37.8 Å². The van der Waals surface area contributed by atoms with E-state index in [2.05, 4.69) is 20.5 Å². The Hall–Kier alpha value is -2.18. The highest BCUT2D eigenvalue weighted by molar-refractivity contribution is 5.94. The number of amides is 2. The van der Waals surface area contributed by atoms with Gasteiger partial charge in [-0.15, -0.1) is 12.4 Å². The van der Waals surface area contributed by atoms with Crippen LogP contribution in [0.2, 0.25) is 0 Å². The number of pyridine rings is 1. The predicted molar refractivity (Wildman–Crippen MR) is 114 cm³/mol. The van der Waals surface area contributed by atoms with Gasteiger partial charge in [-0.05, 0) is 49.8 Å². The number of para-hydroxylation sites is 1. The van der Waals surface area contributed by atoms with Gasteiger partial charge in [0.25, 0.3) is 5.91 Å². The lowest BCUT2D eigenvalue weighted by molar-refractivity contribution is -0.148. The second-order valence-corrected chi connectivity index (χ2v) is 8.34. The summed E-state index contributed by atoms with van der Waals surface area (Å²) < 4.78 is 0. The van der Waals surface area contributed by atoms with Gasteiger partial charge in [0, 0.05) is 30.9 Å². The number of nitrogens with zero attached hydrogens (tertiary/aromatic N) is 2. The first-order valence-corrected chi connectivity index (χ1v) is 10.4. The van der Waals surface area contributed by atoms with Crippen molar-refractivity contribution in [2.24, 2.45) is 11.8 Å². The number of rotatable bonds is 3. The molecule has 0 saturated carbocycles. The average molecular weight is 415 g/mol. The largest absolute Gasteiger partial charge is 0.349 e. The number of nitrogens with one attached hydrogen (secondary N) is 2. The van der Waals surface area contributed by atoms with E-state index in [4.69, 9.17) is 0 Å². The molecule has 0 unspecified atom stereocenters. The SMILES string of the molecule is Cl.O=C(NC[C@H]1[C@@H]2CNC[C@@H](C2)[C@@H]2CCCC(=O)N21)c1ccc2ccccc2n1. The summed E-state index contributed by atoms with van der Waals surface area (Å²) in [6.45, 7) is 2.42. The highest BCUT2D eigenvalue weighted by Gasteiger charge is 2.47. The molecule has 6 nitrogen and oxygen atoms in total. The second kappa shape index (κ2) is 8.28. The van der Waals surface area contributed by atoms with Crippen LogP contribution in [0.5, 0.6) is 0 Å². The molecule has 0 radical (unpaired) electrons. The Morgan fingerprint density at radius 2 is 2.00 bits per heavy atom. The van der Waals surface area contributed by atoms with Crippen LogP contribution in [0, 0.1) is 11.8 Å². The topological polar surface area (TPSA) is 74.3 Å². The van der Waals surface area contributed by atoms with Crippen LogP contribution in [0.4, 0.5) is 0 Å². The Morgan fingerprint density at radius 3 is 2.90 bits per heavy atom. The average Bonchev–Trinajstić information content (AvgIpc) is 2.74.